The van der Waals surface area contributed by atoms with E-state index >= 15 is 0 Å². The first kappa shape index (κ1) is 17.0. The van der Waals surface area contributed by atoms with E-state index in [1.807, 2.05) is 0 Å². The lowest BCUT2D eigenvalue weighted by Gasteiger charge is -2.24. The molecule has 0 spiro atoms. The number of carbonyl (C=O) groups excluding carboxylic acids is 2. The highest BCUT2D eigenvalue weighted by atomic mass is 32.2. The summed E-state index contributed by atoms with van der Waals surface area (Å²) >= 11 is 0. The van der Waals surface area contributed by atoms with Gasteiger partial charge < -0.3 is 16.4 Å². The quantitative estimate of drug-likeness (QED) is 0.686. The van der Waals surface area contributed by atoms with Crippen LogP contribution in [-0.4, -0.2) is 43.2 Å². The van der Waals surface area contributed by atoms with Gasteiger partial charge in [0.25, 0.3) is 0 Å². The summed E-state index contributed by atoms with van der Waals surface area (Å²) in [6.07, 6.45) is 0.967. The van der Waals surface area contributed by atoms with Gasteiger partial charge in [0, 0.05) is 18.5 Å². The molecule has 0 aliphatic heterocycles. The lowest BCUT2D eigenvalue weighted by molar-refractivity contribution is -0.135. The molecule has 0 saturated carbocycles. The fraction of sp³-hybridized carbons (Fsp3) is 0.385. The fourth-order valence-corrected chi connectivity index (χ4v) is 2.24. The van der Waals surface area contributed by atoms with Crippen molar-refractivity contribution < 1.29 is 18.0 Å². The molecule has 7 nitrogen and oxygen atoms in total. The number of primary amides is 1. The molecule has 0 aliphatic rings. The molecule has 1 aromatic carbocycles. The van der Waals surface area contributed by atoms with Gasteiger partial charge >= 0.3 is 0 Å². The highest BCUT2D eigenvalue weighted by Gasteiger charge is 2.29. The summed E-state index contributed by atoms with van der Waals surface area (Å²) in [4.78, 5) is 24.4. The van der Waals surface area contributed by atoms with E-state index in [0.717, 1.165) is 11.2 Å². The maximum atomic E-state index is 12.2. The summed E-state index contributed by atoms with van der Waals surface area (Å²) in [5, 5.41) is -1.25. The molecule has 1 atom stereocenters. The Morgan fingerprint density at radius 2 is 1.86 bits per heavy atom. The van der Waals surface area contributed by atoms with E-state index in [1.165, 1.54) is 6.92 Å². The smallest absolute Gasteiger partial charge is 0.241 e. The van der Waals surface area contributed by atoms with Gasteiger partial charge in [0.05, 0.1) is 6.54 Å². The van der Waals surface area contributed by atoms with Crippen molar-refractivity contribution in [3.8, 4) is 0 Å². The minimum absolute atomic E-state index is 0.0221. The summed E-state index contributed by atoms with van der Waals surface area (Å²) in [7, 11) is -3.56. The molecule has 0 bridgehead atoms. The van der Waals surface area contributed by atoms with E-state index in [2.05, 4.69) is 0 Å². The van der Waals surface area contributed by atoms with Gasteiger partial charge in [-0.3, -0.25) is 9.59 Å². The number of amides is 2. The molecular weight excluding hydrogens is 294 g/mol. The molecule has 8 heteroatoms. The number of benzene rings is 1. The number of rotatable bonds is 6. The Bertz CT molecular complexity index is 643. The van der Waals surface area contributed by atoms with E-state index in [9.17, 15) is 18.0 Å². The molecular formula is C13H19N3O4S. The molecule has 0 heterocycles. The van der Waals surface area contributed by atoms with E-state index < -0.39 is 26.9 Å². The second kappa shape index (κ2) is 6.57. The van der Waals surface area contributed by atoms with Gasteiger partial charge in [-0.2, -0.15) is 0 Å². The maximum Gasteiger partial charge on any atom is 0.241 e. The van der Waals surface area contributed by atoms with Crippen LogP contribution >= 0.6 is 0 Å². The average Bonchev–Trinajstić information content (AvgIpc) is 2.37. The highest BCUT2D eigenvalue weighted by Crippen LogP contribution is 2.15. The minimum Gasteiger partial charge on any atom is -0.398 e. The largest absolute Gasteiger partial charge is 0.398 e. The van der Waals surface area contributed by atoms with E-state index in [0.29, 0.717) is 11.3 Å². The van der Waals surface area contributed by atoms with Crippen LogP contribution in [0.4, 0.5) is 5.69 Å². The SMILES string of the molecule is CC(C(=O)N(CC(N)=O)Cc1ccccc1N)S(C)(=O)=O. The second-order valence-corrected chi connectivity index (χ2v) is 7.20. The van der Waals surface area contributed by atoms with Gasteiger partial charge in [-0.25, -0.2) is 8.42 Å². The van der Waals surface area contributed by atoms with Crippen LogP contribution in [0, 0.1) is 0 Å². The molecule has 0 saturated heterocycles. The van der Waals surface area contributed by atoms with E-state index in [1.54, 1.807) is 24.3 Å². The summed E-state index contributed by atoms with van der Waals surface area (Å²) in [6.45, 7) is 0.932. The number of hydrogen-bond donors (Lipinski definition) is 2. The summed E-state index contributed by atoms with van der Waals surface area (Å²) in [5.74, 6) is -1.40. The lowest BCUT2D eigenvalue weighted by atomic mass is 10.1. The van der Waals surface area contributed by atoms with Gasteiger partial charge in [-0.15, -0.1) is 0 Å². The van der Waals surface area contributed by atoms with Gasteiger partial charge in [0.2, 0.25) is 11.8 Å². The monoisotopic (exact) mass is 313 g/mol. The first-order valence-corrected chi connectivity index (χ1v) is 8.17. The van der Waals surface area contributed by atoms with Gasteiger partial charge in [0.1, 0.15) is 5.25 Å². The van der Waals surface area contributed by atoms with Crippen LogP contribution in [0.1, 0.15) is 12.5 Å². The zero-order valence-electron chi connectivity index (χ0n) is 11.9. The molecule has 0 radical (unpaired) electrons. The number of anilines is 1. The zero-order valence-corrected chi connectivity index (χ0v) is 12.8. The Kier molecular flexibility index (Phi) is 5.31. The predicted octanol–water partition coefficient (Wildman–Crippen LogP) is -0.484. The third kappa shape index (κ3) is 4.75. The molecule has 21 heavy (non-hydrogen) atoms. The second-order valence-electron chi connectivity index (χ2n) is 4.83. The minimum atomic E-state index is -3.56. The third-order valence-electron chi connectivity index (χ3n) is 3.06. The first-order valence-electron chi connectivity index (χ1n) is 6.22. The van der Waals surface area contributed by atoms with Crippen molar-refractivity contribution in [2.75, 3.05) is 18.5 Å². The molecule has 1 rings (SSSR count). The van der Waals surface area contributed by atoms with Crippen LogP contribution in [0.25, 0.3) is 0 Å². The highest BCUT2D eigenvalue weighted by molar-refractivity contribution is 7.92. The van der Waals surface area contributed by atoms with Crippen molar-refractivity contribution in [1.29, 1.82) is 0 Å². The summed E-state index contributed by atoms with van der Waals surface area (Å²) in [5.41, 5.74) is 12.0. The molecule has 1 unspecified atom stereocenters. The van der Waals surface area contributed by atoms with Crippen LogP contribution in [0.15, 0.2) is 24.3 Å². The van der Waals surface area contributed by atoms with E-state index in [4.69, 9.17) is 11.5 Å². The van der Waals surface area contributed by atoms with Crippen molar-refractivity contribution in [1.82, 2.24) is 4.90 Å². The predicted molar refractivity (Wildman–Crippen MR) is 79.8 cm³/mol. The fourth-order valence-electron chi connectivity index (χ4n) is 1.72. The third-order valence-corrected chi connectivity index (χ3v) is 4.55. The number of nitrogens with two attached hydrogens (primary N) is 2. The van der Waals surface area contributed by atoms with Crippen molar-refractivity contribution in [2.45, 2.75) is 18.7 Å². The van der Waals surface area contributed by atoms with Gasteiger partial charge in [-0.1, -0.05) is 18.2 Å². The number of nitrogens with zero attached hydrogens (tertiary/aromatic N) is 1. The number of para-hydroxylation sites is 1. The van der Waals surface area contributed by atoms with Gasteiger partial charge in [0.15, 0.2) is 9.84 Å². The number of carbonyl (C=O) groups is 2. The van der Waals surface area contributed by atoms with E-state index in [-0.39, 0.29) is 13.1 Å². The Morgan fingerprint density at radius 1 is 1.29 bits per heavy atom. The number of nitrogen functional groups attached to an aromatic ring is 1. The molecule has 2 amide bonds. The first-order chi connectivity index (χ1) is 9.62. The normalized spacial score (nSPS) is 12.7. The van der Waals surface area contributed by atoms with Crippen molar-refractivity contribution >= 4 is 27.3 Å². The van der Waals surface area contributed by atoms with Crippen molar-refractivity contribution in [3.63, 3.8) is 0 Å². The van der Waals surface area contributed by atoms with Crippen molar-refractivity contribution in [2.24, 2.45) is 5.73 Å². The molecule has 0 aromatic heterocycles. The Balaban J connectivity index is 3.04. The van der Waals surface area contributed by atoms with Crippen LogP contribution in [0.5, 0.6) is 0 Å². The van der Waals surface area contributed by atoms with Crippen molar-refractivity contribution in [3.05, 3.63) is 29.8 Å². The maximum absolute atomic E-state index is 12.2. The Hall–Kier alpha value is -2.09. The number of hydrogen-bond acceptors (Lipinski definition) is 5. The average molecular weight is 313 g/mol. The standard InChI is InChI=1S/C13H19N3O4S/c1-9(21(2,19)20)13(18)16(8-12(15)17)7-10-5-3-4-6-11(10)14/h3-6,9H,7-8,14H2,1-2H3,(H2,15,17). The van der Waals surface area contributed by atoms with Crippen LogP contribution < -0.4 is 11.5 Å². The van der Waals surface area contributed by atoms with Gasteiger partial charge in [-0.05, 0) is 18.6 Å². The number of sulfone groups is 1. The van der Waals surface area contributed by atoms with Crippen LogP contribution in [0.2, 0.25) is 0 Å². The van der Waals surface area contributed by atoms with Crippen LogP contribution in [0.3, 0.4) is 0 Å². The molecule has 1 aromatic rings. The summed E-state index contributed by atoms with van der Waals surface area (Å²) in [6, 6.07) is 6.82. The molecule has 116 valence electrons. The lowest BCUT2D eigenvalue weighted by Crippen LogP contribution is -2.44. The van der Waals surface area contributed by atoms with Crippen LogP contribution in [-0.2, 0) is 26.0 Å². The molecule has 0 fully saturated rings. The molecule has 4 N–H and O–H groups in total. The Morgan fingerprint density at radius 3 is 2.33 bits per heavy atom. The topological polar surface area (TPSA) is 124 Å². The molecule has 0 aliphatic carbocycles. The summed E-state index contributed by atoms with van der Waals surface area (Å²) < 4.78 is 23.0. The zero-order chi connectivity index (χ0) is 16.2. The Labute approximate surface area is 123 Å².